The molecule has 0 fully saturated rings. The van der Waals surface area contributed by atoms with Crippen molar-refractivity contribution in [2.75, 3.05) is 14.2 Å². The quantitative estimate of drug-likeness (QED) is 0.487. The Labute approximate surface area is 166 Å². The molecule has 2 aromatic heterocycles. The summed E-state index contributed by atoms with van der Waals surface area (Å²) < 4.78 is 10.6. The van der Waals surface area contributed by atoms with Gasteiger partial charge >= 0.3 is 0 Å². The van der Waals surface area contributed by atoms with Crippen LogP contribution in [0.25, 0.3) is 32.7 Å². The number of benzene rings is 3. The molecule has 2 N–H and O–H groups in total. The number of hydrogen-bond acceptors (Lipinski definition) is 4. The van der Waals surface area contributed by atoms with Crippen molar-refractivity contribution in [1.82, 2.24) is 15.0 Å². The molecule has 5 rings (SSSR count). The lowest BCUT2D eigenvalue weighted by Crippen LogP contribution is -2.12. The van der Waals surface area contributed by atoms with E-state index in [9.17, 15) is 4.79 Å². The standard InChI is InChI=1S/C23H19N3O3/c1-28-20-11-16-19(12-21(20)29-2)25-22(26-23(16)27)10-13-7-8-15-14-5-3-4-6-17(14)24-18(15)9-13/h3-9,11-12,24H,10H2,1-2H3,(H,25,26,27). The van der Waals surface area contributed by atoms with Crippen molar-refractivity contribution in [3.05, 3.63) is 76.3 Å². The third-order valence-corrected chi connectivity index (χ3v) is 5.20. The number of aromatic amines is 2. The highest BCUT2D eigenvalue weighted by Crippen LogP contribution is 2.30. The fraction of sp³-hybridized carbons (Fsp3) is 0.130. The zero-order valence-electron chi connectivity index (χ0n) is 16.1. The monoisotopic (exact) mass is 385 g/mol. The molecule has 5 aromatic rings. The van der Waals surface area contributed by atoms with Crippen LogP contribution in [0.4, 0.5) is 0 Å². The van der Waals surface area contributed by atoms with Gasteiger partial charge in [-0.15, -0.1) is 0 Å². The van der Waals surface area contributed by atoms with E-state index in [4.69, 9.17) is 9.47 Å². The Morgan fingerprint density at radius 2 is 1.59 bits per heavy atom. The third-order valence-electron chi connectivity index (χ3n) is 5.20. The molecule has 144 valence electrons. The van der Waals surface area contributed by atoms with E-state index in [-0.39, 0.29) is 5.56 Å². The molecule has 29 heavy (non-hydrogen) atoms. The molecule has 3 aromatic carbocycles. The predicted octanol–water partition coefficient (Wildman–Crippen LogP) is 4.17. The smallest absolute Gasteiger partial charge is 0.258 e. The minimum absolute atomic E-state index is 0.197. The van der Waals surface area contributed by atoms with Crippen LogP contribution >= 0.6 is 0 Å². The van der Waals surface area contributed by atoms with Crippen molar-refractivity contribution >= 4 is 32.7 Å². The Morgan fingerprint density at radius 3 is 2.41 bits per heavy atom. The molecule has 0 spiro atoms. The zero-order chi connectivity index (χ0) is 20.0. The van der Waals surface area contributed by atoms with E-state index >= 15 is 0 Å². The number of para-hydroxylation sites is 1. The van der Waals surface area contributed by atoms with Crippen molar-refractivity contribution in [3.63, 3.8) is 0 Å². The summed E-state index contributed by atoms with van der Waals surface area (Å²) in [5.41, 5.74) is 3.62. The highest BCUT2D eigenvalue weighted by atomic mass is 16.5. The van der Waals surface area contributed by atoms with E-state index in [0.717, 1.165) is 16.6 Å². The average Bonchev–Trinajstić information content (AvgIpc) is 3.10. The van der Waals surface area contributed by atoms with Crippen LogP contribution in [0.2, 0.25) is 0 Å². The van der Waals surface area contributed by atoms with Crippen molar-refractivity contribution in [2.45, 2.75) is 6.42 Å². The largest absolute Gasteiger partial charge is 0.493 e. The molecule has 0 saturated heterocycles. The molecular formula is C23H19N3O3. The topological polar surface area (TPSA) is 80.0 Å². The van der Waals surface area contributed by atoms with E-state index in [1.807, 2.05) is 12.1 Å². The molecule has 0 unspecified atom stereocenters. The maximum Gasteiger partial charge on any atom is 0.258 e. The summed E-state index contributed by atoms with van der Waals surface area (Å²) in [6.45, 7) is 0. The van der Waals surface area contributed by atoms with Crippen LogP contribution < -0.4 is 15.0 Å². The molecule has 2 heterocycles. The van der Waals surface area contributed by atoms with Crippen LogP contribution in [0.15, 0.2) is 59.4 Å². The lowest BCUT2D eigenvalue weighted by molar-refractivity contribution is 0.355. The van der Waals surface area contributed by atoms with Crippen LogP contribution in [0, 0.1) is 0 Å². The summed E-state index contributed by atoms with van der Waals surface area (Å²) in [6.07, 6.45) is 0.519. The molecule has 6 nitrogen and oxygen atoms in total. The van der Waals surface area contributed by atoms with Crippen LogP contribution in [0.1, 0.15) is 11.4 Å². The van der Waals surface area contributed by atoms with E-state index in [1.165, 1.54) is 10.8 Å². The molecule has 0 aliphatic rings. The number of methoxy groups -OCH3 is 2. The van der Waals surface area contributed by atoms with Crippen molar-refractivity contribution < 1.29 is 9.47 Å². The molecule has 0 aliphatic carbocycles. The van der Waals surface area contributed by atoms with E-state index < -0.39 is 0 Å². The Hall–Kier alpha value is -3.80. The van der Waals surface area contributed by atoms with Crippen molar-refractivity contribution in [3.8, 4) is 11.5 Å². The normalized spacial score (nSPS) is 11.4. The van der Waals surface area contributed by atoms with Crippen molar-refractivity contribution in [2.24, 2.45) is 0 Å². The Balaban J connectivity index is 1.57. The molecule has 0 radical (unpaired) electrons. The number of nitrogens with zero attached hydrogens (tertiary/aromatic N) is 1. The van der Waals surface area contributed by atoms with Gasteiger partial charge in [0.05, 0.1) is 25.1 Å². The number of ether oxygens (including phenoxy) is 2. The van der Waals surface area contributed by atoms with Gasteiger partial charge in [0.25, 0.3) is 5.56 Å². The first kappa shape index (κ1) is 17.3. The van der Waals surface area contributed by atoms with Crippen molar-refractivity contribution in [1.29, 1.82) is 0 Å². The summed E-state index contributed by atoms with van der Waals surface area (Å²) >= 11 is 0. The predicted molar refractivity (Wildman–Crippen MR) is 114 cm³/mol. The zero-order valence-corrected chi connectivity index (χ0v) is 16.1. The minimum Gasteiger partial charge on any atom is -0.493 e. The summed E-state index contributed by atoms with van der Waals surface area (Å²) in [4.78, 5) is 23.6. The van der Waals surface area contributed by atoms with Gasteiger partial charge in [0.15, 0.2) is 11.5 Å². The summed E-state index contributed by atoms with van der Waals surface area (Å²) in [6, 6.07) is 17.9. The molecule has 6 heteroatoms. The van der Waals surface area contributed by atoms with E-state index in [1.54, 1.807) is 26.4 Å². The molecule has 0 amide bonds. The molecule has 0 atom stereocenters. The summed E-state index contributed by atoms with van der Waals surface area (Å²) in [7, 11) is 3.10. The van der Waals surface area contributed by atoms with Gasteiger partial charge in [-0.25, -0.2) is 4.98 Å². The van der Waals surface area contributed by atoms with Crippen LogP contribution in [0.3, 0.4) is 0 Å². The van der Waals surface area contributed by atoms with Gasteiger partial charge in [-0.05, 0) is 23.8 Å². The van der Waals surface area contributed by atoms with Crippen LogP contribution in [0.5, 0.6) is 11.5 Å². The van der Waals surface area contributed by atoms with Gasteiger partial charge in [0.2, 0.25) is 0 Å². The lowest BCUT2D eigenvalue weighted by Gasteiger charge is -2.09. The van der Waals surface area contributed by atoms with Gasteiger partial charge in [-0.2, -0.15) is 0 Å². The molecule has 0 aliphatic heterocycles. The van der Waals surface area contributed by atoms with Crippen LogP contribution in [-0.2, 0) is 6.42 Å². The number of hydrogen-bond donors (Lipinski definition) is 2. The van der Waals surface area contributed by atoms with Gasteiger partial charge in [0.1, 0.15) is 5.82 Å². The molecule has 0 bridgehead atoms. The number of fused-ring (bicyclic) bond motifs is 4. The Morgan fingerprint density at radius 1 is 0.828 bits per heavy atom. The number of rotatable bonds is 4. The van der Waals surface area contributed by atoms with Crippen LogP contribution in [-0.4, -0.2) is 29.2 Å². The number of aromatic nitrogens is 3. The highest BCUT2D eigenvalue weighted by Gasteiger charge is 2.12. The minimum atomic E-state index is -0.197. The summed E-state index contributed by atoms with van der Waals surface area (Å²) in [5, 5.41) is 2.85. The Bertz CT molecular complexity index is 1430. The van der Waals surface area contributed by atoms with Gasteiger partial charge < -0.3 is 19.4 Å². The number of nitrogens with one attached hydrogen (secondary N) is 2. The first-order valence-electron chi connectivity index (χ1n) is 9.30. The first-order chi connectivity index (χ1) is 14.2. The SMILES string of the molecule is COc1cc2nc(Cc3ccc4c(c3)[nH]c3ccccc34)[nH]c(=O)c2cc1OC. The third kappa shape index (κ3) is 2.89. The Kier molecular flexibility index (Phi) is 3.98. The lowest BCUT2D eigenvalue weighted by atomic mass is 10.1. The maximum absolute atomic E-state index is 12.6. The fourth-order valence-electron chi connectivity index (χ4n) is 3.80. The fourth-order valence-corrected chi connectivity index (χ4v) is 3.80. The first-order valence-corrected chi connectivity index (χ1v) is 9.30. The highest BCUT2D eigenvalue weighted by molar-refractivity contribution is 6.07. The van der Waals surface area contributed by atoms with Gasteiger partial charge in [0, 0.05) is 34.3 Å². The van der Waals surface area contributed by atoms with Gasteiger partial charge in [-0.1, -0.05) is 30.3 Å². The van der Waals surface area contributed by atoms with E-state index in [2.05, 4.69) is 45.3 Å². The maximum atomic E-state index is 12.6. The van der Waals surface area contributed by atoms with Gasteiger partial charge in [-0.3, -0.25) is 4.79 Å². The summed E-state index contributed by atoms with van der Waals surface area (Å²) in [5.74, 6) is 1.65. The second kappa shape index (κ2) is 6.67. The molecular weight excluding hydrogens is 366 g/mol. The average molecular weight is 385 g/mol. The van der Waals surface area contributed by atoms with E-state index in [0.29, 0.717) is 34.6 Å². The second-order valence-electron chi connectivity index (χ2n) is 6.96. The second-order valence-corrected chi connectivity index (χ2v) is 6.96. The molecule has 0 saturated carbocycles. The number of H-pyrrole nitrogens is 2.